The minimum Gasteiger partial charge on any atom is -0.489 e. The summed E-state index contributed by atoms with van der Waals surface area (Å²) < 4.78 is 5.87. The zero-order valence-electron chi connectivity index (χ0n) is 13.1. The molecule has 124 valence electrons. The van der Waals surface area contributed by atoms with Gasteiger partial charge in [-0.15, -0.1) is 0 Å². The molecule has 0 saturated carbocycles. The number of rotatable bonds is 0. The first-order valence-corrected chi connectivity index (χ1v) is 10.2. The molecule has 1 aliphatic heterocycles. The maximum atomic E-state index is 11.7. The lowest BCUT2D eigenvalue weighted by Crippen LogP contribution is -2.17. The van der Waals surface area contributed by atoms with Crippen molar-refractivity contribution in [3.63, 3.8) is 0 Å². The molecule has 2 aromatic rings. The predicted octanol–water partition coefficient (Wildman–Crippen LogP) is 4.00. The van der Waals surface area contributed by atoms with Gasteiger partial charge in [0.2, 0.25) is 5.91 Å². The number of fused-ring (bicyclic) bond motifs is 4. The van der Waals surface area contributed by atoms with Gasteiger partial charge in [0.15, 0.2) is 0 Å². The highest BCUT2D eigenvalue weighted by Crippen LogP contribution is 2.27. The van der Waals surface area contributed by atoms with Crippen molar-refractivity contribution in [3.8, 4) is 5.75 Å². The van der Waals surface area contributed by atoms with Crippen LogP contribution in [0.5, 0.6) is 5.75 Å². The third kappa shape index (κ3) is 5.32. The Balaban J connectivity index is 1.77. The van der Waals surface area contributed by atoms with E-state index in [-0.39, 0.29) is 5.91 Å². The molecule has 0 saturated heterocycles. The van der Waals surface area contributed by atoms with E-state index in [1.165, 1.54) is 5.56 Å². The van der Waals surface area contributed by atoms with E-state index in [2.05, 4.69) is 34.8 Å². The van der Waals surface area contributed by atoms with Gasteiger partial charge >= 0.3 is 0 Å². The van der Waals surface area contributed by atoms with Crippen LogP contribution in [0.25, 0.3) is 0 Å². The monoisotopic (exact) mass is 358 g/mol. The summed E-state index contributed by atoms with van der Waals surface area (Å²) >= 11 is 0. The first kappa shape index (κ1) is 16.9. The second kappa shape index (κ2) is 8.80. The van der Waals surface area contributed by atoms with Crippen molar-refractivity contribution in [3.05, 3.63) is 65.2 Å². The number of hydrogen-bond donors (Lipinski definition) is 1. The second-order valence-electron chi connectivity index (χ2n) is 5.31. The molecule has 4 nitrogen and oxygen atoms in total. The Morgan fingerprint density at radius 1 is 1.04 bits per heavy atom. The summed E-state index contributed by atoms with van der Waals surface area (Å²) in [6.45, 7) is 0.531. The number of benzene rings is 2. The van der Waals surface area contributed by atoms with Crippen LogP contribution in [0.1, 0.15) is 23.1 Å². The summed E-state index contributed by atoms with van der Waals surface area (Å²) in [6, 6.07) is 16.1. The fourth-order valence-electron chi connectivity index (χ4n) is 2.20. The van der Waals surface area contributed by atoms with E-state index in [1.807, 2.05) is 24.3 Å². The third-order valence-electron chi connectivity index (χ3n) is 3.38. The predicted molar refractivity (Wildman–Crippen MR) is 101 cm³/mol. The number of hydrazone groups is 1. The number of carbonyl (C=O) groups excluding carboxylic acids is 1. The smallest absolute Gasteiger partial charge is 0.240 e. The highest BCUT2D eigenvalue weighted by Gasteiger charge is 2.03. The van der Waals surface area contributed by atoms with Crippen molar-refractivity contribution < 1.29 is 9.53 Å². The standard InChI is InChI=1S/C18H18N2O2S2/c21-18-7-8-23-24-13-16-5-1-4-15(9-16)12-22-17-6-2-3-14(10-17)11-19-20-18/h1-6,9-11H,7-8,12-13H2,(H,20,21)/b19-11-. The molecule has 2 aromatic carbocycles. The van der Waals surface area contributed by atoms with Gasteiger partial charge in [-0.2, -0.15) is 5.10 Å². The molecule has 1 aliphatic rings. The molecule has 0 aromatic heterocycles. The van der Waals surface area contributed by atoms with Crippen LogP contribution in [-0.4, -0.2) is 17.9 Å². The lowest BCUT2D eigenvalue weighted by Gasteiger charge is -2.08. The molecule has 4 bridgehead atoms. The van der Waals surface area contributed by atoms with Crippen LogP contribution in [0.15, 0.2) is 53.6 Å². The van der Waals surface area contributed by atoms with E-state index in [9.17, 15) is 4.79 Å². The van der Waals surface area contributed by atoms with Gasteiger partial charge in [-0.1, -0.05) is 58.0 Å². The Hall–Kier alpha value is -1.92. The van der Waals surface area contributed by atoms with Gasteiger partial charge in [0, 0.05) is 17.9 Å². The molecular formula is C18H18N2O2S2. The molecule has 1 N–H and O–H groups in total. The molecule has 0 atom stereocenters. The SMILES string of the molecule is O=C1CCSSCc2cccc(c2)COc2cccc(c2)/C=N\N1. The minimum atomic E-state index is -0.0712. The number of ether oxygens (including phenoxy) is 1. The Morgan fingerprint density at radius 3 is 2.88 bits per heavy atom. The highest BCUT2D eigenvalue weighted by atomic mass is 33.1. The zero-order valence-corrected chi connectivity index (χ0v) is 14.7. The van der Waals surface area contributed by atoms with Gasteiger partial charge in [-0.25, -0.2) is 5.43 Å². The van der Waals surface area contributed by atoms with Crippen molar-refractivity contribution in [1.29, 1.82) is 0 Å². The summed E-state index contributed by atoms with van der Waals surface area (Å²) in [4.78, 5) is 11.7. The first-order valence-electron chi connectivity index (χ1n) is 7.66. The quantitative estimate of drug-likeness (QED) is 0.723. The van der Waals surface area contributed by atoms with Crippen LogP contribution in [0.2, 0.25) is 0 Å². The van der Waals surface area contributed by atoms with Gasteiger partial charge in [0.05, 0.1) is 6.21 Å². The molecule has 24 heavy (non-hydrogen) atoms. The molecule has 1 amide bonds. The van der Waals surface area contributed by atoms with Gasteiger partial charge in [-0.3, -0.25) is 4.79 Å². The number of nitrogens with zero attached hydrogens (tertiary/aromatic N) is 1. The molecule has 6 heteroatoms. The largest absolute Gasteiger partial charge is 0.489 e. The highest BCUT2D eigenvalue weighted by molar-refractivity contribution is 8.76. The Bertz CT molecular complexity index is 734. The Labute approximate surface area is 149 Å². The fourth-order valence-corrected chi connectivity index (χ4v) is 4.25. The van der Waals surface area contributed by atoms with Gasteiger partial charge in [0.1, 0.15) is 12.4 Å². The van der Waals surface area contributed by atoms with Crippen molar-refractivity contribution in [2.75, 3.05) is 5.75 Å². The fraction of sp³-hybridized carbons (Fsp3) is 0.222. The van der Waals surface area contributed by atoms with Crippen molar-refractivity contribution >= 4 is 33.7 Å². The van der Waals surface area contributed by atoms with Crippen LogP contribution in [-0.2, 0) is 17.2 Å². The topological polar surface area (TPSA) is 50.7 Å². The van der Waals surface area contributed by atoms with Crippen LogP contribution in [0.4, 0.5) is 0 Å². The molecule has 0 spiro atoms. The summed E-state index contributed by atoms with van der Waals surface area (Å²) in [5, 5.41) is 4.00. The van der Waals surface area contributed by atoms with Crippen LogP contribution < -0.4 is 10.2 Å². The average Bonchev–Trinajstić information content (AvgIpc) is 2.60. The van der Waals surface area contributed by atoms with Crippen molar-refractivity contribution in [2.45, 2.75) is 18.8 Å². The number of nitrogens with one attached hydrogen (secondary N) is 1. The van der Waals surface area contributed by atoms with E-state index >= 15 is 0 Å². The number of carbonyl (C=O) groups is 1. The van der Waals surface area contributed by atoms with Gasteiger partial charge < -0.3 is 4.74 Å². The third-order valence-corrected chi connectivity index (χ3v) is 5.72. The first-order chi connectivity index (χ1) is 11.8. The summed E-state index contributed by atoms with van der Waals surface area (Å²) in [5.74, 6) is 2.39. The van der Waals surface area contributed by atoms with Crippen LogP contribution in [0, 0.1) is 0 Å². The summed E-state index contributed by atoms with van der Waals surface area (Å²) in [6.07, 6.45) is 2.09. The average molecular weight is 358 g/mol. The molecule has 0 fully saturated rings. The maximum Gasteiger partial charge on any atom is 0.240 e. The number of hydrogen-bond acceptors (Lipinski definition) is 5. The Morgan fingerprint density at radius 2 is 1.92 bits per heavy atom. The van der Waals surface area contributed by atoms with Crippen molar-refractivity contribution in [2.24, 2.45) is 5.10 Å². The van der Waals surface area contributed by atoms with E-state index in [1.54, 1.807) is 27.8 Å². The summed E-state index contributed by atoms with van der Waals surface area (Å²) in [5.41, 5.74) is 5.86. The molecule has 0 radical (unpaired) electrons. The van der Waals surface area contributed by atoms with Gasteiger partial charge in [0.25, 0.3) is 0 Å². The lowest BCUT2D eigenvalue weighted by molar-refractivity contribution is -0.120. The lowest BCUT2D eigenvalue weighted by atomic mass is 10.1. The Kier molecular flexibility index (Phi) is 6.20. The minimum absolute atomic E-state index is 0.0712. The molecule has 0 aliphatic carbocycles. The van der Waals surface area contributed by atoms with E-state index in [0.717, 1.165) is 28.4 Å². The summed E-state index contributed by atoms with van der Waals surface area (Å²) in [7, 11) is 3.46. The van der Waals surface area contributed by atoms with Crippen LogP contribution >= 0.6 is 21.6 Å². The second-order valence-corrected chi connectivity index (χ2v) is 7.89. The van der Waals surface area contributed by atoms with Crippen molar-refractivity contribution in [1.82, 2.24) is 5.43 Å². The van der Waals surface area contributed by atoms with Gasteiger partial charge in [-0.05, 0) is 28.8 Å². The maximum absolute atomic E-state index is 11.7. The number of amides is 1. The van der Waals surface area contributed by atoms with Crippen LogP contribution in [0.3, 0.4) is 0 Å². The van der Waals surface area contributed by atoms with E-state index in [4.69, 9.17) is 4.74 Å². The zero-order chi connectivity index (χ0) is 16.6. The van der Waals surface area contributed by atoms with E-state index < -0.39 is 0 Å². The molecule has 0 unspecified atom stereocenters. The molecule has 3 rings (SSSR count). The molecule has 1 heterocycles. The molecular weight excluding hydrogens is 340 g/mol. The normalized spacial score (nSPS) is 17.2. The van der Waals surface area contributed by atoms with E-state index in [0.29, 0.717) is 13.0 Å².